The molecule has 2 aromatic heterocycles. The van der Waals surface area contributed by atoms with Gasteiger partial charge in [-0.1, -0.05) is 18.2 Å². The molecule has 1 aromatic carbocycles. The van der Waals surface area contributed by atoms with Gasteiger partial charge in [0.1, 0.15) is 0 Å². The molecule has 4 heterocycles. The third-order valence-corrected chi connectivity index (χ3v) is 6.55. The summed E-state index contributed by atoms with van der Waals surface area (Å²) < 4.78 is 0. The lowest BCUT2D eigenvalue weighted by molar-refractivity contribution is 0.0946. The van der Waals surface area contributed by atoms with E-state index in [0.717, 1.165) is 53.3 Å². The standard InChI is InChI=1S/C24H24N4OS/c29-24-21-16-23(27-22(21)8-10-26-24)18-7-9-25-19(15-18)4-1-17-2-5-20(6-3-17)28-11-13-30-14-12-28/h1-7,9,15-16,27H,8,10-14H2,(H,26,29). The van der Waals surface area contributed by atoms with Gasteiger partial charge in [0.2, 0.25) is 0 Å². The van der Waals surface area contributed by atoms with Crippen molar-refractivity contribution in [2.75, 3.05) is 36.0 Å². The van der Waals surface area contributed by atoms with Crippen molar-refractivity contribution in [2.24, 2.45) is 0 Å². The molecule has 0 atom stereocenters. The summed E-state index contributed by atoms with van der Waals surface area (Å²) in [5, 5.41) is 2.89. The molecule has 2 aliphatic heterocycles. The molecule has 0 saturated carbocycles. The summed E-state index contributed by atoms with van der Waals surface area (Å²) >= 11 is 2.03. The van der Waals surface area contributed by atoms with Crippen LogP contribution in [-0.2, 0) is 6.42 Å². The Morgan fingerprint density at radius 1 is 1.03 bits per heavy atom. The smallest absolute Gasteiger partial charge is 0.253 e. The Hall–Kier alpha value is -2.99. The van der Waals surface area contributed by atoms with Gasteiger partial charge in [-0.15, -0.1) is 0 Å². The van der Waals surface area contributed by atoms with Gasteiger partial charge in [-0.25, -0.2) is 0 Å². The number of pyridine rings is 1. The van der Waals surface area contributed by atoms with Crippen molar-refractivity contribution in [2.45, 2.75) is 6.42 Å². The number of benzene rings is 1. The van der Waals surface area contributed by atoms with Crippen LogP contribution in [0.1, 0.15) is 27.3 Å². The van der Waals surface area contributed by atoms with E-state index in [4.69, 9.17) is 0 Å². The van der Waals surface area contributed by atoms with E-state index in [1.165, 1.54) is 17.2 Å². The quantitative estimate of drug-likeness (QED) is 0.673. The summed E-state index contributed by atoms with van der Waals surface area (Å²) in [5.74, 6) is 2.41. The zero-order chi connectivity index (χ0) is 20.3. The van der Waals surface area contributed by atoms with Gasteiger partial charge in [-0.2, -0.15) is 11.8 Å². The van der Waals surface area contributed by atoms with Gasteiger partial charge < -0.3 is 15.2 Å². The molecule has 2 aliphatic rings. The average molecular weight is 417 g/mol. The molecule has 0 aliphatic carbocycles. The van der Waals surface area contributed by atoms with E-state index in [9.17, 15) is 4.79 Å². The fourth-order valence-electron chi connectivity index (χ4n) is 3.96. The molecule has 0 radical (unpaired) electrons. The molecule has 0 bridgehead atoms. The minimum Gasteiger partial charge on any atom is -0.370 e. The minimum absolute atomic E-state index is 0.000296. The average Bonchev–Trinajstić information content (AvgIpc) is 3.25. The summed E-state index contributed by atoms with van der Waals surface area (Å²) in [7, 11) is 0. The van der Waals surface area contributed by atoms with E-state index in [-0.39, 0.29) is 5.91 Å². The van der Waals surface area contributed by atoms with Crippen molar-refractivity contribution < 1.29 is 4.79 Å². The van der Waals surface area contributed by atoms with Crippen molar-refractivity contribution in [3.63, 3.8) is 0 Å². The van der Waals surface area contributed by atoms with Gasteiger partial charge in [-0.3, -0.25) is 9.78 Å². The molecule has 1 fully saturated rings. The molecule has 5 rings (SSSR count). The number of aromatic nitrogens is 2. The van der Waals surface area contributed by atoms with Crippen LogP contribution in [0, 0.1) is 0 Å². The fraction of sp³-hybridized carbons (Fsp3) is 0.250. The summed E-state index contributed by atoms with van der Waals surface area (Å²) in [6, 6.07) is 14.7. The van der Waals surface area contributed by atoms with Crippen LogP contribution in [0.15, 0.2) is 48.7 Å². The second-order valence-electron chi connectivity index (χ2n) is 7.57. The van der Waals surface area contributed by atoms with Gasteiger partial charge in [0.15, 0.2) is 0 Å². The Morgan fingerprint density at radius 2 is 1.87 bits per heavy atom. The summed E-state index contributed by atoms with van der Waals surface area (Å²) in [6.07, 6.45) is 6.78. The lowest BCUT2D eigenvalue weighted by atomic mass is 10.1. The first kappa shape index (κ1) is 19.0. The molecule has 0 spiro atoms. The molecule has 152 valence electrons. The predicted octanol–water partition coefficient (Wildman–Crippen LogP) is 4.09. The van der Waals surface area contributed by atoms with Crippen LogP contribution in [0.3, 0.4) is 0 Å². The molecule has 2 N–H and O–H groups in total. The minimum atomic E-state index is -0.000296. The molecular weight excluding hydrogens is 392 g/mol. The first-order chi connectivity index (χ1) is 14.8. The zero-order valence-electron chi connectivity index (χ0n) is 16.7. The second kappa shape index (κ2) is 8.40. The van der Waals surface area contributed by atoms with Crippen molar-refractivity contribution in [1.29, 1.82) is 0 Å². The first-order valence-electron chi connectivity index (χ1n) is 10.3. The third-order valence-electron chi connectivity index (χ3n) is 5.61. The van der Waals surface area contributed by atoms with Crippen LogP contribution < -0.4 is 10.2 Å². The molecule has 5 nitrogen and oxygen atoms in total. The molecule has 1 saturated heterocycles. The normalized spacial score (nSPS) is 16.5. The summed E-state index contributed by atoms with van der Waals surface area (Å²) in [4.78, 5) is 22.3. The Morgan fingerprint density at radius 3 is 2.67 bits per heavy atom. The van der Waals surface area contributed by atoms with Gasteiger partial charge in [-0.05, 0) is 42.0 Å². The number of aromatic amines is 1. The van der Waals surface area contributed by atoms with Gasteiger partial charge in [0.05, 0.1) is 11.3 Å². The predicted molar refractivity (Wildman–Crippen MR) is 125 cm³/mol. The lowest BCUT2D eigenvalue weighted by Gasteiger charge is -2.28. The van der Waals surface area contributed by atoms with E-state index in [2.05, 4.69) is 50.5 Å². The number of fused-ring (bicyclic) bond motifs is 1. The third kappa shape index (κ3) is 4.00. The number of H-pyrrole nitrogens is 1. The summed E-state index contributed by atoms with van der Waals surface area (Å²) in [6.45, 7) is 2.94. The van der Waals surface area contributed by atoms with Gasteiger partial charge >= 0.3 is 0 Å². The summed E-state index contributed by atoms with van der Waals surface area (Å²) in [5.41, 5.74) is 7.09. The maximum atomic E-state index is 12.0. The molecular formula is C24H24N4OS. The van der Waals surface area contributed by atoms with Gasteiger partial charge in [0.25, 0.3) is 5.91 Å². The number of nitrogens with one attached hydrogen (secondary N) is 2. The molecule has 1 amide bonds. The number of rotatable bonds is 4. The van der Waals surface area contributed by atoms with E-state index < -0.39 is 0 Å². The van der Waals surface area contributed by atoms with E-state index in [0.29, 0.717) is 6.54 Å². The highest BCUT2D eigenvalue weighted by Gasteiger charge is 2.19. The lowest BCUT2D eigenvalue weighted by Crippen LogP contribution is -2.32. The molecule has 6 heteroatoms. The highest BCUT2D eigenvalue weighted by molar-refractivity contribution is 7.99. The number of carbonyl (C=O) groups excluding carboxylic acids is 1. The number of nitrogens with zero attached hydrogens (tertiary/aromatic N) is 2. The SMILES string of the molecule is O=C1NCCc2[nH]c(-c3ccnc(C=Cc4ccc(N5CCSCC5)cc4)c3)cc21. The van der Waals surface area contributed by atoms with Crippen molar-refractivity contribution in [3.8, 4) is 11.3 Å². The monoisotopic (exact) mass is 416 g/mol. The van der Waals surface area contributed by atoms with Crippen molar-refractivity contribution >= 4 is 35.5 Å². The topological polar surface area (TPSA) is 61.0 Å². The van der Waals surface area contributed by atoms with Crippen LogP contribution in [0.25, 0.3) is 23.4 Å². The molecule has 3 aromatic rings. The first-order valence-corrected chi connectivity index (χ1v) is 11.5. The second-order valence-corrected chi connectivity index (χ2v) is 8.80. The number of amides is 1. The highest BCUT2D eigenvalue weighted by Crippen LogP contribution is 2.25. The van der Waals surface area contributed by atoms with E-state index in [1.807, 2.05) is 42.2 Å². The van der Waals surface area contributed by atoms with Crippen molar-refractivity contribution in [3.05, 3.63) is 71.2 Å². The van der Waals surface area contributed by atoms with Crippen molar-refractivity contribution in [1.82, 2.24) is 15.3 Å². The molecule has 0 unspecified atom stereocenters. The highest BCUT2D eigenvalue weighted by atomic mass is 32.2. The number of anilines is 1. The van der Waals surface area contributed by atoms with Crippen LogP contribution >= 0.6 is 11.8 Å². The van der Waals surface area contributed by atoms with E-state index >= 15 is 0 Å². The van der Waals surface area contributed by atoms with Crippen LogP contribution in [-0.4, -0.2) is 47.0 Å². The maximum absolute atomic E-state index is 12.0. The van der Waals surface area contributed by atoms with Crippen LogP contribution in [0.5, 0.6) is 0 Å². The Kier molecular flexibility index (Phi) is 5.32. The maximum Gasteiger partial charge on any atom is 0.253 e. The largest absolute Gasteiger partial charge is 0.370 e. The Labute approximate surface area is 180 Å². The Bertz CT molecular complexity index is 1080. The number of thioether (sulfide) groups is 1. The van der Waals surface area contributed by atoms with Crippen LogP contribution in [0.4, 0.5) is 5.69 Å². The number of hydrogen-bond acceptors (Lipinski definition) is 4. The van der Waals surface area contributed by atoms with E-state index in [1.54, 1.807) is 0 Å². The fourth-order valence-corrected chi connectivity index (χ4v) is 4.86. The molecule has 30 heavy (non-hydrogen) atoms. The number of carbonyl (C=O) groups is 1. The van der Waals surface area contributed by atoms with Crippen LogP contribution in [0.2, 0.25) is 0 Å². The van der Waals surface area contributed by atoms with Gasteiger partial charge in [0, 0.05) is 66.4 Å². The zero-order valence-corrected chi connectivity index (χ0v) is 17.5. The Balaban J connectivity index is 1.32. The number of hydrogen-bond donors (Lipinski definition) is 2.